The first kappa shape index (κ1) is 28.0. The third-order valence-corrected chi connectivity index (χ3v) is 8.45. The zero-order valence-corrected chi connectivity index (χ0v) is 22.7. The van der Waals surface area contributed by atoms with Crippen LogP contribution in [-0.4, -0.2) is 54.5 Å². The Labute approximate surface area is 221 Å². The number of amides is 3. The standard InChI is InChI=1S/C25H29Cl2N3O5S/c1-4-21(24(32)28-14-16(2)3)29(15-18-19(26)9-7-10-20(18)27)23(31)12-13-30-25(33)17-8-5-6-11-22(17)36(30,34)35/h5-11,16,21H,4,12-15H2,1-3H3,(H,28,32)/t21-/m0/s1. The molecule has 1 atom stereocenters. The van der Waals surface area contributed by atoms with Crippen LogP contribution in [0.2, 0.25) is 10.0 Å². The molecule has 194 valence electrons. The van der Waals surface area contributed by atoms with Gasteiger partial charge in [0.15, 0.2) is 0 Å². The summed E-state index contributed by atoms with van der Waals surface area (Å²) < 4.78 is 26.5. The molecule has 0 radical (unpaired) electrons. The van der Waals surface area contributed by atoms with E-state index in [1.165, 1.54) is 23.1 Å². The highest BCUT2D eigenvalue weighted by Gasteiger charge is 2.41. The van der Waals surface area contributed by atoms with E-state index in [-0.39, 0.29) is 41.8 Å². The number of carbonyl (C=O) groups is 3. The molecule has 3 rings (SSSR count). The number of hydrogen-bond donors (Lipinski definition) is 1. The largest absolute Gasteiger partial charge is 0.354 e. The maximum absolute atomic E-state index is 13.5. The lowest BCUT2D eigenvalue weighted by atomic mass is 10.1. The Morgan fingerprint density at radius 3 is 2.28 bits per heavy atom. The number of sulfonamides is 1. The molecule has 0 aliphatic carbocycles. The van der Waals surface area contributed by atoms with Gasteiger partial charge in [0.25, 0.3) is 15.9 Å². The molecule has 0 bridgehead atoms. The third-order valence-electron chi connectivity index (χ3n) is 5.90. The molecule has 1 aliphatic rings. The topological polar surface area (TPSA) is 104 Å². The first-order chi connectivity index (χ1) is 17.0. The van der Waals surface area contributed by atoms with E-state index >= 15 is 0 Å². The molecule has 11 heteroatoms. The van der Waals surface area contributed by atoms with Crippen molar-refractivity contribution in [1.29, 1.82) is 0 Å². The van der Waals surface area contributed by atoms with Crippen LogP contribution >= 0.6 is 23.2 Å². The lowest BCUT2D eigenvalue weighted by molar-refractivity contribution is -0.141. The molecule has 0 fully saturated rings. The van der Waals surface area contributed by atoms with E-state index in [2.05, 4.69) is 5.32 Å². The Bertz CT molecular complexity index is 1250. The normalized spacial score (nSPS) is 15.1. The SMILES string of the molecule is CC[C@@H](C(=O)NCC(C)C)N(Cc1c(Cl)cccc1Cl)C(=O)CCN1C(=O)c2ccccc2S1(=O)=O. The number of rotatable bonds is 10. The van der Waals surface area contributed by atoms with Crippen LogP contribution in [0.1, 0.15) is 49.5 Å². The zero-order valence-electron chi connectivity index (χ0n) is 20.3. The van der Waals surface area contributed by atoms with Crippen molar-refractivity contribution in [3.05, 3.63) is 63.6 Å². The van der Waals surface area contributed by atoms with Crippen molar-refractivity contribution in [3.63, 3.8) is 0 Å². The number of benzene rings is 2. The molecule has 2 aromatic carbocycles. The van der Waals surface area contributed by atoms with Gasteiger partial charge >= 0.3 is 0 Å². The quantitative estimate of drug-likeness (QED) is 0.476. The van der Waals surface area contributed by atoms with Crippen LogP contribution in [0.25, 0.3) is 0 Å². The zero-order chi connectivity index (χ0) is 26.6. The summed E-state index contributed by atoms with van der Waals surface area (Å²) in [7, 11) is -4.06. The van der Waals surface area contributed by atoms with Gasteiger partial charge in [0.05, 0.1) is 5.56 Å². The molecule has 1 aliphatic heterocycles. The van der Waals surface area contributed by atoms with Crippen molar-refractivity contribution >= 4 is 50.9 Å². The molecule has 1 heterocycles. The van der Waals surface area contributed by atoms with Crippen molar-refractivity contribution in [2.45, 2.75) is 51.1 Å². The van der Waals surface area contributed by atoms with E-state index in [9.17, 15) is 22.8 Å². The number of hydrogen-bond acceptors (Lipinski definition) is 5. The summed E-state index contributed by atoms with van der Waals surface area (Å²) in [5.74, 6) is -1.31. The molecule has 0 unspecified atom stereocenters. The molecule has 0 aromatic heterocycles. The van der Waals surface area contributed by atoms with Gasteiger partial charge in [0, 0.05) is 41.7 Å². The van der Waals surface area contributed by atoms with E-state index in [0.29, 0.717) is 32.9 Å². The Morgan fingerprint density at radius 2 is 1.69 bits per heavy atom. The van der Waals surface area contributed by atoms with E-state index in [4.69, 9.17) is 23.2 Å². The summed E-state index contributed by atoms with van der Waals surface area (Å²) in [5, 5.41) is 3.53. The first-order valence-electron chi connectivity index (χ1n) is 11.6. The molecule has 0 spiro atoms. The van der Waals surface area contributed by atoms with Gasteiger partial charge in [-0.2, -0.15) is 0 Å². The fourth-order valence-electron chi connectivity index (χ4n) is 3.99. The monoisotopic (exact) mass is 553 g/mol. The van der Waals surface area contributed by atoms with Gasteiger partial charge in [0.2, 0.25) is 11.8 Å². The van der Waals surface area contributed by atoms with Gasteiger partial charge in [0.1, 0.15) is 10.9 Å². The molecule has 36 heavy (non-hydrogen) atoms. The van der Waals surface area contributed by atoms with E-state index < -0.39 is 27.9 Å². The number of nitrogens with zero attached hydrogens (tertiary/aromatic N) is 2. The van der Waals surface area contributed by atoms with Gasteiger partial charge < -0.3 is 10.2 Å². The van der Waals surface area contributed by atoms with Crippen LogP contribution in [0.5, 0.6) is 0 Å². The minimum atomic E-state index is -4.06. The second-order valence-electron chi connectivity index (χ2n) is 8.91. The molecule has 0 saturated heterocycles. The second-order valence-corrected chi connectivity index (χ2v) is 11.6. The maximum atomic E-state index is 13.5. The molecule has 3 amide bonds. The third kappa shape index (κ3) is 5.85. The van der Waals surface area contributed by atoms with Crippen LogP contribution in [0.3, 0.4) is 0 Å². The lowest BCUT2D eigenvalue weighted by Gasteiger charge is -2.32. The van der Waals surface area contributed by atoms with Crippen LogP contribution < -0.4 is 5.32 Å². The fourth-order valence-corrected chi connectivity index (χ4v) is 6.08. The van der Waals surface area contributed by atoms with Gasteiger partial charge in [-0.05, 0) is 36.6 Å². The van der Waals surface area contributed by atoms with Crippen LogP contribution in [-0.2, 0) is 26.2 Å². The Balaban J connectivity index is 1.86. The first-order valence-corrected chi connectivity index (χ1v) is 13.8. The summed E-state index contributed by atoms with van der Waals surface area (Å²) in [4.78, 5) is 40.5. The smallest absolute Gasteiger partial charge is 0.269 e. The maximum Gasteiger partial charge on any atom is 0.269 e. The van der Waals surface area contributed by atoms with Crippen molar-refractivity contribution in [2.24, 2.45) is 5.92 Å². The highest BCUT2D eigenvalue weighted by molar-refractivity contribution is 7.90. The van der Waals surface area contributed by atoms with Crippen molar-refractivity contribution in [1.82, 2.24) is 14.5 Å². The Morgan fingerprint density at radius 1 is 1.06 bits per heavy atom. The minimum absolute atomic E-state index is 0.0497. The Kier molecular flexibility index (Phi) is 9.03. The highest BCUT2D eigenvalue weighted by atomic mass is 35.5. The molecular formula is C25H29Cl2N3O5S. The summed E-state index contributed by atoms with van der Waals surface area (Å²) in [6, 6.07) is 10.0. The van der Waals surface area contributed by atoms with Gasteiger partial charge in [-0.25, -0.2) is 12.7 Å². The van der Waals surface area contributed by atoms with E-state index in [1.54, 1.807) is 31.2 Å². The average molecular weight is 554 g/mol. The van der Waals surface area contributed by atoms with Crippen LogP contribution in [0.15, 0.2) is 47.4 Å². The number of halogens is 2. The Hall–Kier alpha value is -2.62. The highest BCUT2D eigenvalue weighted by Crippen LogP contribution is 2.31. The minimum Gasteiger partial charge on any atom is -0.354 e. The number of carbonyl (C=O) groups excluding carboxylic acids is 3. The second kappa shape index (κ2) is 11.6. The van der Waals surface area contributed by atoms with Gasteiger partial charge in [-0.1, -0.05) is 62.2 Å². The number of nitrogens with one attached hydrogen (secondary N) is 1. The predicted octanol–water partition coefficient (Wildman–Crippen LogP) is 4.11. The van der Waals surface area contributed by atoms with Gasteiger partial charge in [-0.3, -0.25) is 14.4 Å². The van der Waals surface area contributed by atoms with Crippen molar-refractivity contribution < 1.29 is 22.8 Å². The van der Waals surface area contributed by atoms with E-state index in [1.807, 2.05) is 13.8 Å². The van der Waals surface area contributed by atoms with Crippen LogP contribution in [0.4, 0.5) is 0 Å². The van der Waals surface area contributed by atoms with Crippen LogP contribution in [0, 0.1) is 5.92 Å². The summed E-state index contributed by atoms with van der Waals surface area (Å²) in [6.07, 6.45) is -0.000877. The predicted molar refractivity (Wildman–Crippen MR) is 138 cm³/mol. The van der Waals surface area contributed by atoms with Gasteiger partial charge in [-0.15, -0.1) is 0 Å². The summed E-state index contributed by atoms with van der Waals surface area (Å²) in [6.45, 7) is 5.72. The molecule has 2 aromatic rings. The summed E-state index contributed by atoms with van der Waals surface area (Å²) >= 11 is 12.7. The molecular weight excluding hydrogens is 525 g/mol. The molecule has 1 N–H and O–H groups in total. The summed E-state index contributed by atoms with van der Waals surface area (Å²) in [5.41, 5.74) is 0.547. The van der Waals surface area contributed by atoms with E-state index in [0.717, 1.165) is 0 Å². The molecule has 0 saturated carbocycles. The van der Waals surface area contributed by atoms with Crippen molar-refractivity contribution in [3.8, 4) is 0 Å². The number of fused-ring (bicyclic) bond motifs is 1. The lowest BCUT2D eigenvalue weighted by Crippen LogP contribution is -2.50. The molecule has 8 nitrogen and oxygen atoms in total. The fraction of sp³-hybridized carbons (Fsp3) is 0.400. The average Bonchev–Trinajstić information content (AvgIpc) is 3.02. The van der Waals surface area contributed by atoms with Crippen molar-refractivity contribution in [2.75, 3.05) is 13.1 Å².